The van der Waals surface area contributed by atoms with Crippen molar-refractivity contribution in [3.63, 3.8) is 0 Å². The highest BCUT2D eigenvalue weighted by Crippen LogP contribution is 2.31. The van der Waals surface area contributed by atoms with Gasteiger partial charge >= 0.3 is 5.97 Å². The van der Waals surface area contributed by atoms with Crippen LogP contribution in [0.25, 0.3) is 0 Å². The molecular weight excluding hydrogens is 377 g/mol. The molecule has 5 nitrogen and oxygen atoms in total. The standard InChI is InChI=1S/C19H19Cl2NO4/c1-25-18-6-12(8-22-9-14(10-22)19(23)24)2-5-17(18)26-11-13-3-4-15(20)7-16(13)21/h2-7,14H,8-11H2,1H3,(H,23,24). The molecular formula is C19H19Cl2NO4. The third-order valence-corrected chi connectivity index (χ3v) is 4.93. The van der Waals surface area contributed by atoms with E-state index in [1.807, 2.05) is 24.3 Å². The summed E-state index contributed by atoms with van der Waals surface area (Å²) >= 11 is 12.1. The molecule has 0 aliphatic carbocycles. The molecule has 2 aromatic carbocycles. The third kappa shape index (κ3) is 4.41. The Kier molecular flexibility index (Phi) is 5.91. The summed E-state index contributed by atoms with van der Waals surface area (Å²) in [4.78, 5) is 13.0. The van der Waals surface area contributed by atoms with Crippen molar-refractivity contribution in [2.75, 3.05) is 20.2 Å². The lowest BCUT2D eigenvalue weighted by atomic mass is 9.99. The second-order valence-corrected chi connectivity index (χ2v) is 7.08. The predicted octanol–water partition coefficient (Wildman–Crippen LogP) is 4.10. The number of carboxylic acid groups (broad SMARTS) is 1. The van der Waals surface area contributed by atoms with Gasteiger partial charge in [-0.3, -0.25) is 9.69 Å². The Morgan fingerprint density at radius 1 is 1.19 bits per heavy atom. The van der Waals surface area contributed by atoms with E-state index in [-0.39, 0.29) is 5.92 Å². The summed E-state index contributed by atoms with van der Waals surface area (Å²) in [5.41, 5.74) is 1.88. The highest BCUT2D eigenvalue weighted by molar-refractivity contribution is 6.35. The lowest BCUT2D eigenvalue weighted by Crippen LogP contribution is -2.49. The van der Waals surface area contributed by atoms with Crippen LogP contribution in [0.4, 0.5) is 0 Å². The molecule has 2 aromatic rings. The van der Waals surface area contributed by atoms with Gasteiger partial charge in [0.2, 0.25) is 0 Å². The van der Waals surface area contributed by atoms with Crippen LogP contribution in [0, 0.1) is 5.92 Å². The predicted molar refractivity (Wildman–Crippen MR) is 100 cm³/mol. The molecule has 1 aliphatic rings. The van der Waals surface area contributed by atoms with E-state index in [4.69, 9.17) is 37.8 Å². The van der Waals surface area contributed by atoms with Gasteiger partial charge in [-0.25, -0.2) is 0 Å². The Labute approximate surface area is 162 Å². The summed E-state index contributed by atoms with van der Waals surface area (Å²) in [6.07, 6.45) is 0. The molecule has 26 heavy (non-hydrogen) atoms. The number of ether oxygens (including phenoxy) is 2. The van der Waals surface area contributed by atoms with Crippen LogP contribution in [0.2, 0.25) is 10.0 Å². The number of benzene rings is 2. The van der Waals surface area contributed by atoms with E-state index in [2.05, 4.69) is 4.90 Å². The van der Waals surface area contributed by atoms with E-state index in [1.165, 1.54) is 0 Å². The maximum Gasteiger partial charge on any atom is 0.309 e. The molecule has 1 fully saturated rings. The number of hydrogen-bond acceptors (Lipinski definition) is 4. The van der Waals surface area contributed by atoms with Crippen LogP contribution in [0.3, 0.4) is 0 Å². The van der Waals surface area contributed by atoms with Crippen LogP contribution in [0.1, 0.15) is 11.1 Å². The first-order valence-corrected chi connectivity index (χ1v) is 8.90. The molecule has 0 radical (unpaired) electrons. The summed E-state index contributed by atoms with van der Waals surface area (Å²) in [5, 5.41) is 10.1. The molecule has 1 N–H and O–H groups in total. The van der Waals surface area contributed by atoms with Gasteiger partial charge in [0.25, 0.3) is 0 Å². The van der Waals surface area contributed by atoms with Gasteiger partial charge in [0, 0.05) is 35.2 Å². The zero-order valence-corrected chi connectivity index (χ0v) is 15.8. The van der Waals surface area contributed by atoms with Crippen LogP contribution >= 0.6 is 23.2 Å². The monoisotopic (exact) mass is 395 g/mol. The molecule has 0 aromatic heterocycles. The molecule has 7 heteroatoms. The first-order valence-electron chi connectivity index (χ1n) is 8.15. The number of likely N-dealkylation sites (tertiary alicyclic amines) is 1. The van der Waals surface area contributed by atoms with E-state index in [1.54, 1.807) is 19.2 Å². The van der Waals surface area contributed by atoms with Gasteiger partial charge in [-0.1, -0.05) is 35.3 Å². The molecule has 0 spiro atoms. The molecule has 0 atom stereocenters. The molecule has 1 saturated heterocycles. The summed E-state index contributed by atoms with van der Waals surface area (Å²) in [7, 11) is 1.59. The van der Waals surface area contributed by atoms with Gasteiger partial charge in [-0.15, -0.1) is 0 Å². The molecule has 3 rings (SSSR count). The number of carboxylic acids is 1. The van der Waals surface area contributed by atoms with Crippen molar-refractivity contribution in [3.05, 3.63) is 57.6 Å². The maximum atomic E-state index is 10.9. The Morgan fingerprint density at radius 2 is 1.96 bits per heavy atom. The quantitative estimate of drug-likeness (QED) is 0.764. The largest absolute Gasteiger partial charge is 0.493 e. The normalized spacial score (nSPS) is 14.7. The van der Waals surface area contributed by atoms with Crippen LogP contribution in [0.15, 0.2) is 36.4 Å². The second kappa shape index (κ2) is 8.16. The van der Waals surface area contributed by atoms with Crippen molar-refractivity contribution in [1.82, 2.24) is 4.90 Å². The van der Waals surface area contributed by atoms with E-state index in [9.17, 15) is 4.79 Å². The van der Waals surface area contributed by atoms with E-state index < -0.39 is 5.97 Å². The number of rotatable bonds is 7. The van der Waals surface area contributed by atoms with Gasteiger partial charge < -0.3 is 14.6 Å². The van der Waals surface area contributed by atoms with Gasteiger partial charge in [0.1, 0.15) is 6.61 Å². The summed E-state index contributed by atoms with van der Waals surface area (Å²) in [6, 6.07) is 11.0. The first-order chi connectivity index (χ1) is 12.5. The smallest absolute Gasteiger partial charge is 0.309 e. The van der Waals surface area contributed by atoms with Gasteiger partial charge in [0.15, 0.2) is 11.5 Å². The average molecular weight is 396 g/mol. The van der Waals surface area contributed by atoms with Gasteiger partial charge in [0.05, 0.1) is 13.0 Å². The Bertz CT molecular complexity index is 806. The first kappa shape index (κ1) is 18.8. The number of nitrogens with zero attached hydrogens (tertiary/aromatic N) is 1. The zero-order valence-electron chi connectivity index (χ0n) is 14.2. The van der Waals surface area contributed by atoms with Crippen molar-refractivity contribution >= 4 is 29.2 Å². The van der Waals surface area contributed by atoms with Crippen molar-refractivity contribution < 1.29 is 19.4 Å². The lowest BCUT2D eigenvalue weighted by Gasteiger charge is -2.36. The van der Waals surface area contributed by atoms with Crippen molar-refractivity contribution in [1.29, 1.82) is 0 Å². The summed E-state index contributed by atoms with van der Waals surface area (Å²) < 4.78 is 11.3. The third-order valence-electron chi connectivity index (χ3n) is 4.34. The van der Waals surface area contributed by atoms with E-state index >= 15 is 0 Å². The number of halogens is 2. The van der Waals surface area contributed by atoms with Gasteiger partial charge in [-0.05, 0) is 29.8 Å². The van der Waals surface area contributed by atoms with Crippen LogP contribution in [0.5, 0.6) is 11.5 Å². The minimum absolute atomic E-state index is 0.261. The Balaban J connectivity index is 1.62. The van der Waals surface area contributed by atoms with E-state index in [0.717, 1.165) is 11.1 Å². The average Bonchev–Trinajstić information content (AvgIpc) is 2.57. The molecule has 0 bridgehead atoms. The van der Waals surface area contributed by atoms with Crippen molar-refractivity contribution in [2.24, 2.45) is 5.92 Å². The van der Waals surface area contributed by atoms with Crippen LogP contribution < -0.4 is 9.47 Å². The van der Waals surface area contributed by atoms with Crippen LogP contribution in [-0.4, -0.2) is 36.2 Å². The van der Waals surface area contributed by atoms with E-state index in [0.29, 0.717) is 47.8 Å². The fraction of sp³-hybridized carbons (Fsp3) is 0.316. The Morgan fingerprint density at radius 3 is 2.62 bits per heavy atom. The maximum absolute atomic E-state index is 10.9. The fourth-order valence-electron chi connectivity index (χ4n) is 2.84. The molecule has 1 aliphatic heterocycles. The van der Waals surface area contributed by atoms with Crippen LogP contribution in [-0.2, 0) is 17.9 Å². The topological polar surface area (TPSA) is 59.0 Å². The number of aliphatic carboxylic acids is 1. The molecule has 0 saturated carbocycles. The summed E-state index contributed by atoms with van der Waals surface area (Å²) in [6.45, 7) is 2.14. The summed E-state index contributed by atoms with van der Waals surface area (Å²) in [5.74, 6) is 0.254. The highest BCUT2D eigenvalue weighted by Gasteiger charge is 2.32. The van der Waals surface area contributed by atoms with Gasteiger partial charge in [-0.2, -0.15) is 0 Å². The molecule has 1 heterocycles. The molecule has 138 valence electrons. The number of hydrogen-bond donors (Lipinski definition) is 1. The zero-order chi connectivity index (χ0) is 18.7. The number of methoxy groups -OCH3 is 1. The SMILES string of the molecule is COc1cc(CN2CC(C(=O)O)C2)ccc1OCc1ccc(Cl)cc1Cl. The molecule has 0 unspecified atom stereocenters. The highest BCUT2D eigenvalue weighted by atomic mass is 35.5. The Hall–Kier alpha value is -1.95. The fourth-order valence-corrected chi connectivity index (χ4v) is 3.30. The lowest BCUT2D eigenvalue weighted by molar-refractivity contribution is -0.147. The van der Waals surface area contributed by atoms with Crippen molar-refractivity contribution in [3.8, 4) is 11.5 Å². The minimum Gasteiger partial charge on any atom is -0.493 e. The van der Waals surface area contributed by atoms with Crippen molar-refractivity contribution in [2.45, 2.75) is 13.2 Å². The molecule has 0 amide bonds. The number of carbonyl (C=O) groups is 1. The second-order valence-electron chi connectivity index (χ2n) is 6.24. The minimum atomic E-state index is -0.733.